The zero-order valence-electron chi connectivity index (χ0n) is 17.6. The highest BCUT2D eigenvalue weighted by atomic mass is 15.3. The largest absolute Gasteiger partial charge is 0.325 e. The molecule has 3 aromatic rings. The van der Waals surface area contributed by atoms with Crippen LogP contribution >= 0.6 is 0 Å². The number of nitrogens with zero attached hydrogens (tertiary/aromatic N) is 3. The van der Waals surface area contributed by atoms with Gasteiger partial charge in [-0.3, -0.25) is 0 Å². The third-order valence-corrected chi connectivity index (χ3v) is 5.59. The molecule has 1 aromatic heterocycles. The Bertz CT molecular complexity index is 1050. The normalized spacial score (nSPS) is 13.0. The van der Waals surface area contributed by atoms with Crippen LogP contribution in [0.25, 0.3) is 0 Å². The van der Waals surface area contributed by atoms with Gasteiger partial charge in [0.2, 0.25) is 5.95 Å². The molecule has 0 saturated heterocycles. The minimum absolute atomic E-state index is 0.669. The topological polar surface area (TPSA) is 41.1 Å². The van der Waals surface area contributed by atoms with E-state index >= 15 is 0 Å². The van der Waals surface area contributed by atoms with Gasteiger partial charge < -0.3 is 10.2 Å². The van der Waals surface area contributed by atoms with Gasteiger partial charge >= 0.3 is 0 Å². The summed E-state index contributed by atoms with van der Waals surface area (Å²) in [5.74, 6) is 1.70. The lowest BCUT2D eigenvalue weighted by atomic mass is 10.1. The van der Waals surface area contributed by atoms with E-state index in [1.54, 1.807) is 0 Å². The van der Waals surface area contributed by atoms with Gasteiger partial charge in [-0.05, 0) is 70.7 Å². The van der Waals surface area contributed by atoms with Crippen molar-refractivity contribution in [2.75, 3.05) is 16.8 Å². The van der Waals surface area contributed by atoms with E-state index in [9.17, 15) is 0 Å². The van der Waals surface area contributed by atoms with E-state index < -0.39 is 0 Å². The predicted octanol–water partition coefficient (Wildman–Crippen LogP) is 5.76. The van der Waals surface area contributed by atoms with Gasteiger partial charge in [-0.2, -0.15) is 4.98 Å². The lowest BCUT2D eigenvalue weighted by Crippen LogP contribution is -2.16. The molecule has 0 atom stereocenters. The number of nitrogens with one attached hydrogen (secondary N) is 1. The van der Waals surface area contributed by atoms with Gasteiger partial charge in [-0.1, -0.05) is 35.4 Å². The number of aromatic nitrogens is 2. The summed E-state index contributed by atoms with van der Waals surface area (Å²) in [5.41, 5.74) is 10.9. The Labute approximate surface area is 167 Å². The van der Waals surface area contributed by atoms with Crippen LogP contribution in [0.1, 0.15) is 39.1 Å². The molecular formula is C24H28N4. The highest BCUT2D eigenvalue weighted by molar-refractivity contribution is 5.72. The molecule has 0 saturated carbocycles. The van der Waals surface area contributed by atoms with Crippen molar-refractivity contribution < 1.29 is 0 Å². The number of rotatable bonds is 3. The van der Waals surface area contributed by atoms with Crippen LogP contribution in [0, 0.1) is 41.5 Å². The standard InChI is InChI=1S/C24H28N4/c1-14-7-8-21(16(3)11-14)28-10-9-20-19(6)25-24(27-23(20)28)26-22-17(4)12-15(2)13-18(22)5/h7-8,11-13H,9-10H2,1-6H3,(H,25,26,27). The van der Waals surface area contributed by atoms with Gasteiger partial charge in [0.05, 0.1) is 0 Å². The Kier molecular flexibility index (Phi) is 4.58. The molecule has 0 bridgehead atoms. The van der Waals surface area contributed by atoms with Gasteiger partial charge in [0, 0.05) is 29.2 Å². The second-order valence-electron chi connectivity index (χ2n) is 8.03. The van der Waals surface area contributed by atoms with Crippen molar-refractivity contribution in [3.05, 3.63) is 69.4 Å². The van der Waals surface area contributed by atoms with Crippen molar-refractivity contribution in [2.24, 2.45) is 0 Å². The zero-order chi connectivity index (χ0) is 20.0. The molecule has 0 fully saturated rings. The number of anilines is 4. The summed E-state index contributed by atoms with van der Waals surface area (Å²) in [4.78, 5) is 12.0. The quantitative estimate of drug-likeness (QED) is 0.634. The van der Waals surface area contributed by atoms with Gasteiger partial charge in [-0.15, -0.1) is 0 Å². The maximum atomic E-state index is 4.94. The molecule has 1 aliphatic heterocycles. The van der Waals surface area contributed by atoms with E-state index in [0.29, 0.717) is 5.95 Å². The highest BCUT2D eigenvalue weighted by Crippen LogP contribution is 2.37. The van der Waals surface area contributed by atoms with Gasteiger partial charge in [0.15, 0.2) is 0 Å². The van der Waals surface area contributed by atoms with E-state index in [1.807, 2.05) is 0 Å². The molecule has 0 aliphatic carbocycles. The van der Waals surface area contributed by atoms with Crippen molar-refractivity contribution in [1.29, 1.82) is 0 Å². The molecule has 1 aliphatic rings. The number of benzene rings is 2. The Morgan fingerprint density at radius 1 is 0.821 bits per heavy atom. The molecule has 0 spiro atoms. The summed E-state index contributed by atoms with van der Waals surface area (Å²) in [6.45, 7) is 13.7. The van der Waals surface area contributed by atoms with Crippen LogP contribution in [-0.4, -0.2) is 16.5 Å². The molecule has 0 unspecified atom stereocenters. The summed E-state index contributed by atoms with van der Waals surface area (Å²) in [6, 6.07) is 11.0. The third-order valence-electron chi connectivity index (χ3n) is 5.59. The molecule has 4 nitrogen and oxygen atoms in total. The molecule has 0 amide bonds. The summed E-state index contributed by atoms with van der Waals surface area (Å²) in [6.07, 6.45) is 0.983. The van der Waals surface area contributed by atoms with Crippen LogP contribution < -0.4 is 10.2 Å². The van der Waals surface area contributed by atoms with Crippen LogP contribution in [-0.2, 0) is 6.42 Å². The Balaban J connectivity index is 1.75. The fourth-order valence-electron chi connectivity index (χ4n) is 4.31. The maximum absolute atomic E-state index is 4.94. The lowest BCUT2D eigenvalue weighted by Gasteiger charge is -2.22. The van der Waals surface area contributed by atoms with Gasteiger partial charge in [0.25, 0.3) is 0 Å². The minimum Gasteiger partial charge on any atom is -0.325 e. The summed E-state index contributed by atoms with van der Waals surface area (Å²) in [7, 11) is 0. The smallest absolute Gasteiger partial charge is 0.229 e. The zero-order valence-corrected chi connectivity index (χ0v) is 17.6. The van der Waals surface area contributed by atoms with Crippen molar-refractivity contribution >= 4 is 23.1 Å². The fourth-order valence-corrected chi connectivity index (χ4v) is 4.31. The van der Waals surface area contributed by atoms with Crippen molar-refractivity contribution in [3.63, 3.8) is 0 Å². The Hall–Kier alpha value is -2.88. The van der Waals surface area contributed by atoms with Crippen molar-refractivity contribution in [1.82, 2.24) is 9.97 Å². The summed E-state index contributed by atoms with van der Waals surface area (Å²) >= 11 is 0. The SMILES string of the molecule is Cc1ccc(N2CCc3c(C)nc(Nc4c(C)cc(C)cc4C)nc32)c(C)c1. The average Bonchev–Trinajstić information content (AvgIpc) is 3.02. The molecule has 144 valence electrons. The number of fused-ring (bicyclic) bond motifs is 1. The van der Waals surface area contributed by atoms with Crippen molar-refractivity contribution in [2.45, 2.75) is 48.0 Å². The maximum Gasteiger partial charge on any atom is 0.229 e. The van der Waals surface area contributed by atoms with E-state index in [-0.39, 0.29) is 0 Å². The van der Waals surface area contributed by atoms with Crippen molar-refractivity contribution in [3.8, 4) is 0 Å². The van der Waals surface area contributed by atoms with Gasteiger partial charge in [0.1, 0.15) is 5.82 Å². The number of hydrogen-bond donors (Lipinski definition) is 1. The first-order chi connectivity index (χ1) is 13.3. The molecule has 4 heteroatoms. The van der Waals surface area contributed by atoms with E-state index in [0.717, 1.165) is 30.2 Å². The molecular weight excluding hydrogens is 344 g/mol. The first-order valence-electron chi connectivity index (χ1n) is 9.90. The monoisotopic (exact) mass is 372 g/mol. The molecule has 28 heavy (non-hydrogen) atoms. The predicted molar refractivity (Wildman–Crippen MR) is 117 cm³/mol. The summed E-state index contributed by atoms with van der Waals surface area (Å²) < 4.78 is 0. The third kappa shape index (κ3) is 3.24. The average molecular weight is 373 g/mol. The van der Waals surface area contributed by atoms with Crippen LogP contribution in [0.3, 0.4) is 0 Å². The number of aryl methyl sites for hydroxylation is 6. The highest BCUT2D eigenvalue weighted by Gasteiger charge is 2.26. The molecule has 1 N–H and O–H groups in total. The van der Waals surface area contributed by atoms with E-state index in [2.05, 4.69) is 82.1 Å². The van der Waals surface area contributed by atoms with Gasteiger partial charge in [-0.25, -0.2) is 4.98 Å². The van der Waals surface area contributed by atoms with Crippen LogP contribution in [0.4, 0.5) is 23.1 Å². The molecule has 0 radical (unpaired) electrons. The fraction of sp³-hybridized carbons (Fsp3) is 0.333. The van der Waals surface area contributed by atoms with Crippen LogP contribution in [0.5, 0.6) is 0 Å². The molecule has 4 rings (SSSR count). The molecule has 2 heterocycles. The summed E-state index contributed by atoms with van der Waals surface area (Å²) in [5, 5.41) is 3.49. The Morgan fingerprint density at radius 3 is 2.18 bits per heavy atom. The molecule has 2 aromatic carbocycles. The minimum atomic E-state index is 0.669. The van der Waals surface area contributed by atoms with E-state index in [4.69, 9.17) is 9.97 Å². The lowest BCUT2D eigenvalue weighted by molar-refractivity contribution is 0.980. The van der Waals surface area contributed by atoms with Crippen LogP contribution in [0.15, 0.2) is 30.3 Å². The first-order valence-corrected chi connectivity index (χ1v) is 9.90. The van der Waals surface area contributed by atoms with E-state index in [1.165, 1.54) is 39.1 Å². The first kappa shape index (κ1) is 18.5. The Morgan fingerprint density at radius 2 is 1.50 bits per heavy atom. The van der Waals surface area contributed by atoms with Crippen LogP contribution in [0.2, 0.25) is 0 Å². The second-order valence-corrected chi connectivity index (χ2v) is 8.03. The number of hydrogen-bond acceptors (Lipinski definition) is 4. The second kappa shape index (κ2) is 6.93.